The van der Waals surface area contributed by atoms with E-state index in [0.29, 0.717) is 5.92 Å². The van der Waals surface area contributed by atoms with Crippen molar-refractivity contribution in [3.8, 4) is 23.7 Å². The number of aliphatic hydroxyl groups is 1. The first kappa shape index (κ1) is 13.9. The van der Waals surface area contributed by atoms with Gasteiger partial charge in [-0.1, -0.05) is 0 Å². The molecule has 3 saturated heterocycles. The maximum Gasteiger partial charge on any atom is 0.364 e. The Morgan fingerprint density at radius 3 is 2.26 bits per heavy atom. The fourth-order valence-corrected chi connectivity index (χ4v) is 2.76. The fourth-order valence-electron chi connectivity index (χ4n) is 2.76. The van der Waals surface area contributed by atoms with E-state index in [1.807, 2.05) is 0 Å². The van der Waals surface area contributed by atoms with Crippen LogP contribution in [0.25, 0.3) is 0 Å². The molecule has 3 fully saturated rings. The molecule has 3 rings (SSSR count). The normalized spacial score (nSPS) is 28.7. The summed E-state index contributed by atoms with van der Waals surface area (Å²) in [6.07, 6.45) is 1.96. The molecule has 1 atom stereocenters. The average molecular weight is 261 g/mol. The van der Waals surface area contributed by atoms with Crippen molar-refractivity contribution in [2.45, 2.75) is 38.4 Å². The summed E-state index contributed by atoms with van der Waals surface area (Å²) in [5.74, 6) is 9.60. The molecule has 4 nitrogen and oxygen atoms in total. The van der Waals surface area contributed by atoms with Crippen molar-refractivity contribution < 1.29 is 14.6 Å². The Morgan fingerprint density at radius 2 is 1.84 bits per heavy atom. The molecule has 1 unspecified atom stereocenters. The maximum absolute atomic E-state index is 12.1. The SMILES string of the molecule is CC#CC(O)(C#CC)C(=O)OC1CN2CCC1CC2. The molecule has 0 aliphatic carbocycles. The van der Waals surface area contributed by atoms with Crippen LogP contribution in [0, 0.1) is 29.6 Å². The van der Waals surface area contributed by atoms with Crippen molar-refractivity contribution in [2.24, 2.45) is 5.92 Å². The lowest BCUT2D eigenvalue weighted by Gasteiger charge is -2.44. The third kappa shape index (κ3) is 2.92. The van der Waals surface area contributed by atoms with Crippen molar-refractivity contribution in [1.29, 1.82) is 0 Å². The molecule has 0 saturated carbocycles. The largest absolute Gasteiger partial charge is 0.457 e. The topological polar surface area (TPSA) is 49.8 Å². The van der Waals surface area contributed by atoms with Crippen LogP contribution in [0.1, 0.15) is 26.7 Å². The minimum atomic E-state index is -1.99. The molecule has 0 aromatic carbocycles. The van der Waals surface area contributed by atoms with Crippen molar-refractivity contribution >= 4 is 5.97 Å². The molecule has 0 aromatic heterocycles. The lowest BCUT2D eigenvalue weighted by atomic mass is 9.86. The Hall–Kier alpha value is -1.49. The molecule has 2 bridgehead atoms. The summed E-state index contributed by atoms with van der Waals surface area (Å²) < 4.78 is 5.46. The third-order valence-electron chi connectivity index (χ3n) is 3.76. The minimum absolute atomic E-state index is 0.140. The average Bonchev–Trinajstić information content (AvgIpc) is 2.40. The predicted octanol–water partition coefficient (Wildman–Crippen LogP) is 0.401. The Labute approximate surface area is 114 Å². The van der Waals surface area contributed by atoms with E-state index < -0.39 is 11.6 Å². The smallest absolute Gasteiger partial charge is 0.364 e. The standard InChI is InChI=1S/C15H19NO3/c1-3-7-15(18,8-4-2)14(17)19-13-11-16-9-5-12(13)6-10-16/h12-13,18H,5-6,9-11H2,1-2H3. The highest BCUT2D eigenvalue weighted by atomic mass is 16.6. The van der Waals surface area contributed by atoms with Crippen LogP contribution in [-0.2, 0) is 9.53 Å². The van der Waals surface area contributed by atoms with Crippen LogP contribution in [-0.4, -0.2) is 47.3 Å². The lowest BCUT2D eigenvalue weighted by Crippen LogP contribution is -2.53. The molecule has 19 heavy (non-hydrogen) atoms. The summed E-state index contributed by atoms with van der Waals surface area (Å²) in [4.78, 5) is 14.4. The summed E-state index contributed by atoms with van der Waals surface area (Å²) in [5.41, 5.74) is -1.99. The van der Waals surface area contributed by atoms with Gasteiger partial charge in [-0.15, -0.1) is 11.8 Å². The number of carbonyl (C=O) groups is 1. The lowest BCUT2D eigenvalue weighted by molar-refractivity contribution is -0.170. The van der Waals surface area contributed by atoms with Crippen LogP contribution in [0.4, 0.5) is 0 Å². The summed E-state index contributed by atoms with van der Waals surface area (Å²) in [6, 6.07) is 0. The highest BCUT2D eigenvalue weighted by molar-refractivity contribution is 5.87. The second-order valence-electron chi connectivity index (χ2n) is 5.04. The molecule has 102 valence electrons. The maximum atomic E-state index is 12.1. The molecule has 0 radical (unpaired) electrons. The Bertz CT molecular complexity index is 449. The van der Waals surface area contributed by atoms with Gasteiger partial charge in [0.15, 0.2) is 0 Å². The third-order valence-corrected chi connectivity index (χ3v) is 3.76. The van der Waals surface area contributed by atoms with E-state index in [-0.39, 0.29) is 6.10 Å². The molecule has 0 aromatic rings. The zero-order valence-electron chi connectivity index (χ0n) is 11.4. The second kappa shape index (κ2) is 5.65. The number of ether oxygens (including phenoxy) is 1. The quantitative estimate of drug-likeness (QED) is 0.577. The van der Waals surface area contributed by atoms with Gasteiger partial charge in [-0.05, 0) is 57.5 Å². The molecule has 3 aliphatic heterocycles. The van der Waals surface area contributed by atoms with Gasteiger partial charge in [-0.25, -0.2) is 4.79 Å². The van der Waals surface area contributed by atoms with Gasteiger partial charge in [-0.2, -0.15) is 0 Å². The van der Waals surface area contributed by atoms with Crippen LogP contribution >= 0.6 is 0 Å². The molecule has 0 spiro atoms. The highest BCUT2D eigenvalue weighted by Crippen LogP contribution is 2.30. The first-order valence-electron chi connectivity index (χ1n) is 6.62. The van der Waals surface area contributed by atoms with E-state index in [9.17, 15) is 9.90 Å². The Balaban J connectivity index is 2.06. The van der Waals surface area contributed by atoms with Gasteiger partial charge in [0.1, 0.15) is 6.10 Å². The van der Waals surface area contributed by atoms with Gasteiger partial charge in [0, 0.05) is 6.54 Å². The Morgan fingerprint density at radius 1 is 1.26 bits per heavy atom. The monoisotopic (exact) mass is 261 g/mol. The molecule has 3 heterocycles. The van der Waals surface area contributed by atoms with Gasteiger partial charge in [-0.3, -0.25) is 4.90 Å². The summed E-state index contributed by atoms with van der Waals surface area (Å²) in [7, 11) is 0. The zero-order valence-corrected chi connectivity index (χ0v) is 11.4. The van der Waals surface area contributed by atoms with Crippen molar-refractivity contribution in [3.63, 3.8) is 0 Å². The molecular formula is C15H19NO3. The summed E-state index contributed by atoms with van der Waals surface area (Å²) >= 11 is 0. The van der Waals surface area contributed by atoms with Crippen LogP contribution in [0.15, 0.2) is 0 Å². The van der Waals surface area contributed by atoms with Gasteiger partial charge in [0.25, 0.3) is 5.60 Å². The number of piperidine rings is 3. The number of carbonyl (C=O) groups excluding carboxylic acids is 1. The number of hydrogen-bond donors (Lipinski definition) is 1. The van der Waals surface area contributed by atoms with Crippen LogP contribution in [0.2, 0.25) is 0 Å². The first-order chi connectivity index (χ1) is 9.09. The van der Waals surface area contributed by atoms with Gasteiger partial charge in [0.05, 0.1) is 0 Å². The van der Waals surface area contributed by atoms with Gasteiger partial charge < -0.3 is 9.84 Å². The van der Waals surface area contributed by atoms with E-state index in [0.717, 1.165) is 32.5 Å². The first-order valence-corrected chi connectivity index (χ1v) is 6.62. The molecule has 0 amide bonds. The molecule has 1 N–H and O–H groups in total. The van der Waals surface area contributed by atoms with E-state index in [1.54, 1.807) is 13.8 Å². The second-order valence-corrected chi connectivity index (χ2v) is 5.04. The van der Waals surface area contributed by atoms with Crippen LogP contribution in [0.3, 0.4) is 0 Å². The number of hydrogen-bond acceptors (Lipinski definition) is 4. The molecule has 4 heteroatoms. The molecule has 3 aliphatic rings. The highest BCUT2D eigenvalue weighted by Gasteiger charge is 2.41. The predicted molar refractivity (Wildman–Crippen MR) is 70.9 cm³/mol. The van der Waals surface area contributed by atoms with Crippen molar-refractivity contribution in [3.05, 3.63) is 0 Å². The number of fused-ring (bicyclic) bond motifs is 3. The van der Waals surface area contributed by atoms with E-state index in [1.165, 1.54) is 0 Å². The van der Waals surface area contributed by atoms with Crippen molar-refractivity contribution in [1.82, 2.24) is 4.90 Å². The summed E-state index contributed by atoms with van der Waals surface area (Å²) in [5, 5.41) is 10.1. The van der Waals surface area contributed by atoms with Crippen LogP contribution < -0.4 is 0 Å². The number of rotatable bonds is 2. The van der Waals surface area contributed by atoms with Crippen molar-refractivity contribution in [2.75, 3.05) is 19.6 Å². The molecular weight excluding hydrogens is 242 g/mol. The van der Waals surface area contributed by atoms with Gasteiger partial charge >= 0.3 is 5.97 Å². The number of esters is 1. The van der Waals surface area contributed by atoms with E-state index >= 15 is 0 Å². The summed E-state index contributed by atoms with van der Waals surface area (Å²) in [6.45, 7) is 6.03. The van der Waals surface area contributed by atoms with Crippen LogP contribution in [0.5, 0.6) is 0 Å². The van der Waals surface area contributed by atoms with E-state index in [4.69, 9.17) is 4.74 Å². The van der Waals surface area contributed by atoms with Gasteiger partial charge in [0.2, 0.25) is 0 Å². The minimum Gasteiger partial charge on any atom is -0.457 e. The fraction of sp³-hybridized carbons (Fsp3) is 0.667. The van der Waals surface area contributed by atoms with E-state index in [2.05, 4.69) is 28.6 Å². The zero-order chi connectivity index (χ0) is 13.9. The Kier molecular flexibility index (Phi) is 4.14. The number of nitrogens with zero attached hydrogens (tertiary/aromatic N) is 1.